The molecule has 0 spiro atoms. The Hall–Kier alpha value is -1.57. The van der Waals surface area contributed by atoms with E-state index >= 15 is 0 Å². The van der Waals surface area contributed by atoms with Gasteiger partial charge in [0.25, 0.3) is 0 Å². The summed E-state index contributed by atoms with van der Waals surface area (Å²) in [5, 5.41) is 0. The molecule has 0 N–H and O–H groups in total. The van der Waals surface area contributed by atoms with E-state index < -0.39 is 0 Å². The minimum Gasteiger partial charge on any atom is -0.497 e. The molecule has 1 aromatic rings. The van der Waals surface area contributed by atoms with Gasteiger partial charge in [0.1, 0.15) is 12.0 Å². The normalized spacial score (nSPS) is 11.1. The van der Waals surface area contributed by atoms with Crippen LogP contribution in [0.15, 0.2) is 30.3 Å². The molecule has 0 amide bonds. The Kier molecular flexibility index (Phi) is 3.26. The topological polar surface area (TPSA) is 26.3 Å². The van der Waals surface area contributed by atoms with Gasteiger partial charge in [-0.2, -0.15) is 0 Å². The number of benzene rings is 1. The maximum absolute atomic E-state index is 10.2. The Balaban J connectivity index is 3.01. The first kappa shape index (κ1) is 9.52. The van der Waals surface area contributed by atoms with Crippen LogP contribution in [0.3, 0.4) is 0 Å². The Morgan fingerprint density at radius 3 is 2.85 bits per heavy atom. The van der Waals surface area contributed by atoms with Crippen LogP contribution < -0.4 is 4.74 Å². The van der Waals surface area contributed by atoms with Crippen molar-refractivity contribution in [2.75, 3.05) is 7.11 Å². The van der Waals surface area contributed by atoms with Crippen LogP contribution in [0.2, 0.25) is 0 Å². The van der Waals surface area contributed by atoms with E-state index in [9.17, 15) is 4.79 Å². The second-order valence-electron chi connectivity index (χ2n) is 2.72. The van der Waals surface area contributed by atoms with Crippen molar-refractivity contribution in [1.82, 2.24) is 0 Å². The predicted molar refractivity (Wildman–Crippen MR) is 52.7 cm³/mol. The monoisotopic (exact) mass is 176 g/mol. The summed E-state index contributed by atoms with van der Waals surface area (Å²) in [6.07, 6.45) is 2.32. The van der Waals surface area contributed by atoms with Crippen LogP contribution in [-0.2, 0) is 4.79 Å². The molecule has 0 heterocycles. The van der Waals surface area contributed by atoms with Crippen LogP contribution in [0.5, 0.6) is 5.75 Å². The SMILES string of the molecule is COc1cccc(/C(C)=C/C=O)c1. The first-order valence-electron chi connectivity index (χ1n) is 4.04. The molecular formula is C11H12O2. The van der Waals surface area contributed by atoms with Gasteiger partial charge >= 0.3 is 0 Å². The van der Waals surface area contributed by atoms with E-state index in [0.29, 0.717) is 0 Å². The highest BCUT2D eigenvalue weighted by Gasteiger charge is 1.96. The molecular weight excluding hydrogens is 164 g/mol. The van der Waals surface area contributed by atoms with Gasteiger partial charge < -0.3 is 4.74 Å². The largest absolute Gasteiger partial charge is 0.497 e. The smallest absolute Gasteiger partial charge is 0.143 e. The van der Waals surface area contributed by atoms with Crippen molar-refractivity contribution in [1.29, 1.82) is 0 Å². The predicted octanol–water partition coefficient (Wildman–Crippen LogP) is 2.30. The highest BCUT2D eigenvalue weighted by molar-refractivity contribution is 5.80. The van der Waals surface area contributed by atoms with Gasteiger partial charge in [-0.1, -0.05) is 12.1 Å². The van der Waals surface area contributed by atoms with E-state index in [1.807, 2.05) is 31.2 Å². The van der Waals surface area contributed by atoms with Gasteiger partial charge in [-0.15, -0.1) is 0 Å². The lowest BCUT2D eigenvalue weighted by molar-refractivity contribution is -0.104. The van der Waals surface area contributed by atoms with Crippen LogP contribution in [0.25, 0.3) is 5.57 Å². The second-order valence-corrected chi connectivity index (χ2v) is 2.72. The standard InChI is InChI=1S/C11H12O2/c1-9(6-7-12)10-4-3-5-11(8-10)13-2/h3-8H,1-2H3/b9-6+. The van der Waals surface area contributed by atoms with Gasteiger partial charge in [0, 0.05) is 0 Å². The van der Waals surface area contributed by atoms with Gasteiger partial charge in [0.2, 0.25) is 0 Å². The number of hydrogen-bond acceptors (Lipinski definition) is 2. The molecule has 68 valence electrons. The minimum atomic E-state index is 0.787. The Morgan fingerprint density at radius 1 is 1.46 bits per heavy atom. The number of carbonyl (C=O) groups excluding carboxylic acids is 1. The zero-order valence-electron chi connectivity index (χ0n) is 7.78. The van der Waals surface area contributed by atoms with Gasteiger partial charge in [-0.25, -0.2) is 0 Å². The average molecular weight is 176 g/mol. The molecule has 1 rings (SSSR count). The van der Waals surface area contributed by atoms with E-state index in [0.717, 1.165) is 23.2 Å². The minimum absolute atomic E-state index is 0.787. The van der Waals surface area contributed by atoms with Crippen molar-refractivity contribution in [3.8, 4) is 5.75 Å². The van der Waals surface area contributed by atoms with Crippen molar-refractivity contribution < 1.29 is 9.53 Å². The van der Waals surface area contributed by atoms with E-state index in [2.05, 4.69) is 0 Å². The molecule has 0 bridgehead atoms. The van der Waals surface area contributed by atoms with Crippen LogP contribution in [0.1, 0.15) is 12.5 Å². The summed E-state index contributed by atoms with van der Waals surface area (Å²) in [5.41, 5.74) is 1.94. The Bertz CT molecular complexity index is 327. The summed E-state index contributed by atoms with van der Waals surface area (Å²) in [4.78, 5) is 10.2. The summed E-state index contributed by atoms with van der Waals surface area (Å²) in [6.45, 7) is 1.89. The van der Waals surface area contributed by atoms with Gasteiger partial charge in [0.15, 0.2) is 0 Å². The fraction of sp³-hybridized carbons (Fsp3) is 0.182. The number of allylic oxidation sites excluding steroid dienone is 2. The number of hydrogen-bond donors (Lipinski definition) is 0. The molecule has 0 aliphatic heterocycles. The van der Waals surface area contributed by atoms with Gasteiger partial charge in [-0.3, -0.25) is 4.79 Å². The first-order valence-corrected chi connectivity index (χ1v) is 4.04. The van der Waals surface area contributed by atoms with Crippen molar-refractivity contribution in [3.63, 3.8) is 0 Å². The Morgan fingerprint density at radius 2 is 2.23 bits per heavy atom. The highest BCUT2D eigenvalue weighted by Crippen LogP contribution is 2.18. The van der Waals surface area contributed by atoms with E-state index in [1.54, 1.807) is 7.11 Å². The maximum Gasteiger partial charge on any atom is 0.143 e. The molecule has 1 aromatic carbocycles. The number of ether oxygens (including phenoxy) is 1. The lowest BCUT2D eigenvalue weighted by Crippen LogP contribution is -1.85. The molecule has 0 saturated carbocycles. The number of methoxy groups -OCH3 is 1. The fourth-order valence-electron chi connectivity index (χ4n) is 1.07. The van der Waals surface area contributed by atoms with Crippen LogP contribution in [0, 0.1) is 0 Å². The molecule has 2 nitrogen and oxygen atoms in total. The highest BCUT2D eigenvalue weighted by atomic mass is 16.5. The quantitative estimate of drug-likeness (QED) is 0.521. The molecule has 2 heteroatoms. The van der Waals surface area contributed by atoms with Crippen molar-refractivity contribution >= 4 is 11.9 Å². The lowest BCUT2D eigenvalue weighted by Gasteiger charge is -2.03. The zero-order chi connectivity index (χ0) is 9.68. The summed E-state index contributed by atoms with van der Waals surface area (Å²) in [6, 6.07) is 7.61. The Labute approximate surface area is 77.8 Å². The van der Waals surface area contributed by atoms with Gasteiger partial charge in [-0.05, 0) is 36.3 Å². The molecule has 0 atom stereocenters. The number of rotatable bonds is 3. The third-order valence-electron chi connectivity index (χ3n) is 1.84. The van der Waals surface area contributed by atoms with E-state index in [-0.39, 0.29) is 0 Å². The third kappa shape index (κ3) is 2.44. The molecule has 0 radical (unpaired) electrons. The molecule has 13 heavy (non-hydrogen) atoms. The van der Waals surface area contributed by atoms with Crippen LogP contribution in [0.4, 0.5) is 0 Å². The van der Waals surface area contributed by atoms with Crippen LogP contribution in [-0.4, -0.2) is 13.4 Å². The molecule has 0 aliphatic rings. The van der Waals surface area contributed by atoms with E-state index in [4.69, 9.17) is 4.74 Å². The average Bonchev–Trinajstić information content (AvgIpc) is 2.18. The summed E-state index contributed by atoms with van der Waals surface area (Å²) in [7, 11) is 1.62. The maximum atomic E-state index is 10.2. The fourth-order valence-corrected chi connectivity index (χ4v) is 1.07. The number of aldehydes is 1. The summed E-state index contributed by atoms with van der Waals surface area (Å²) in [5.74, 6) is 0.802. The molecule has 0 fully saturated rings. The number of carbonyl (C=O) groups is 1. The summed E-state index contributed by atoms with van der Waals surface area (Å²) < 4.78 is 5.07. The molecule has 0 unspecified atom stereocenters. The van der Waals surface area contributed by atoms with Crippen molar-refractivity contribution in [2.45, 2.75) is 6.92 Å². The molecule has 0 aromatic heterocycles. The third-order valence-corrected chi connectivity index (χ3v) is 1.84. The lowest BCUT2D eigenvalue weighted by atomic mass is 10.1. The second kappa shape index (κ2) is 4.45. The molecule has 0 saturated heterocycles. The van der Waals surface area contributed by atoms with Crippen molar-refractivity contribution in [2.24, 2.45) is 0 Å². The van der Waals surface area contributed by atoms with Crippen molar-refractivity contribution in [3.05, 3.63) is 35.9 Å². The molecule has 0 aliphatic carbocycles. The first-order chi connectivity index (χ1) is 6.27. The van der Waals surface area contributed by atoms with E-state index in [1.165, 1.54) is 6.08 Å². The summed E-state index contributed by atoms with van der Waals surface area (Å²) >= 11 is 0. The zero-order valence-corrected chi connectivity index (χ0v) is 7.78. The van der Waals surface area contributed by atoms with Gasteiger partial charge in [0.05, 0.1) is 7.11 Å². The van der Waals surface area contributed by atoms with Crippen LogP contribution >= 0.6 is 0 Å².